The van der Waals surface area contributed by atoms with Crippen molar-refractivity contribution in [3.63, 3.8) is 0 Å². The van der Waals surface area contributed by atoms with Crippen LogP contribution < -0.4 is 9.47 Å². The molecular weight excluding hydrogens is 381 g/mol. The molecule has 1 unspecified atom stereocenters. The van der Waals surface area contributed by atoms with Gasteiger partial charge in [-0.3, -0.25) is 4.90 Å². The SMILES string of the molecule is COc1cc2c(cc1OC)C(C1(c3ccc(Cl)cc3Cl)CCC1)N(C)CC2. The normalized spacial score (nSPS) is 21.3. The van der Waals surface area contributed by atoms with E-state index in [1.807, 2.05) is 12.1 Å². The van der Waals surface area contributed by atoms with Crippen LogP contribution in [0.1, 0.15) is 42.0 Å². The van der Waals surface area contributed by atoms with Gasteiger partial charge in [-0.2, -0.15) is 0 Å². The third-order valence-corrected chi connectivity index (χ3v) is 6.90. The number of rotatable bonds is 4. The molecular formula is C22H25Cl2NO2. The van der Waals surface area contributed by atoms with E-state index in [4.69, 9.17) is 32.7 Å². The van der Waals surface area contributed by atoms with Crippen LogP contribution in [-0.4, -0.2) is 32.7 Å². The lowest BCUT2D eigenvalue weighted by Crippen LogP contribution is -2.50. The summed E-state index contributed by atoms with van der Waals surface area (Å²) in [6.45, 7) is 1.01. The Bertz CT molecular complexity index is 864. The average Bonchev–Trinajstić information content (AvgIpc) is 2.62. The van der Waals surface area contributed by atoms with Gasteiger partial charge in [-0.1, -0.05) is 35.7 Å². The summed E-state index contributed by atoms with van der Waals surface area (Å²) < 4.78 is 11.1. The molecule has 1 aliphatic carbocycles. The Balaban J connectivity index is 1.87. The van der Waals surface area contributed by atoms with Crippen molar-refractivity contribution in [3.8, 4) is 11.5 Å². The average molecular weight is 406 g/mol. The van der Waals surface area contributed by atoms with Crippen LogP contribution in [0.5, 0.6) is 11.5 Å². The van der Waals surface area contributed by atoms with Gasteiger partial charge < -0.3 is 9.47 Å². The number of fused-ring (bicyclic) bond motifs is 1. The van der Waals surface area contributed by atoms with Gasteiger partial charge in [0.2, 0.25) is 0 Å². The van der Waals surface area contributed by atoms with E-state index in [-0.39, 0.29) is 11.5 Å². The summed E-state index contributed by atoms with van der Waals surface area (Å²) in [5.41, 5.74) is 3.88. The van der Waals surface area contributed by atoms with Crippen LogP contribution in [0.3, 0.4) is 0 Å². The molecule has 0 N–H and O–H groups in total. The standard InChI is InChI=1S/C22H25Cl2NO2/c1-25-10-7-14-11-19(26-2)20(27-3)13-16(14)21(25)22(8-4-9-22)17-6-5-15(23)12-18(17)24/h5-6,11-13,21H,4,7-10H2,1-3H3. The van der Waals surface area contributed by atoms with Crippen LogP contribution in [0.4, 0.5) is 0 Å². The topological polar surface area (TPSA) is 21.7 Å². The van der Waals surface area contributed by atoms with E-state index >= 15 is 0 Å². The Morgan fingerprint density at radius 2 is 1.74 bits per heavy atom. The number of hydrogen-bond donors (Lipinski definition) is 0. The molecule has 0 radical (unpaired) electrons. The molecule has 2 aromatic carbocycles. The van der Waals surface area contributed by atoms with Gasteiger partial charge in [0.25, 0.3) is 0 Å². The smallest absolute Gasteiger partial charge is 0.161 e. The van der Waals surface area contributed by atoms with E-state index in [0.29, 0.717) is 5.02 Å². The zero-order chi connectivity index (χ0) is 19.2. The van der Waals surface area contributed by atoms with Gasteiger partial charge in [0, 0.05) is 28.0 Å². The summed E-state index contributed by atoms with van der Waals surface area (Å²) in [4.78, 5) is 2.47. The molecule has 0 spiro atoms. The van der Waals surface area contributed by atoms with Gasteiger partial charge >= 0.3 is 0 Å². The molecule has 0 amide bonds. The van der Waals surface area contributed by atoms with E-state index in [0.717, 1.165) is 42.3 Å². The maximum Gasteiger partial charge on any atom is 0.161 e. The highest BCUT2D eigenvalue weighted by atomic mass is 35.5. The number of likely N-dealkylation sites (N-methyl/N-ethyl adjacent to an activating group) is 1. The second-order valence-electron chi connectivity index (χ2n) is 7.67. The molecule has 1 fully saturated rings. The minimum atomic E-state index is 0.00515. The van der Waals surface area contributed by atoms with E-state index in [1.54, 1.807) is 14.2 Å². The monoisotopic (exact) mass is 405 g/mol. The van der Waals surface area contributed by atoms with Crippen molar-refractivity contribution in [2.45, 2.75) is 37.1 Å². The quantitative estimate of drug-likeness (QED) is 0.654. The summed E-state index contributed by atoms with van der Waals surface area (Å²) in [5, 5.41) is 1.45. The minimum Gasteiger partial charge on any atom is -0.493 e. The molecule has 4 rings (SSSR count). The predicted octanol–water partition coefficient (Wildman–Crippen LogP) is 5.66. The van der Waals surface area contributed by atoms with Crippen molar-refractivity contribution >= 4 is 23.2 Å². The molecule has 2 aromatic rings. The van der Waals surface area contributed by atoms with Crippen LogP contribution in [0, 0.1) is 0 Å². The third-order valence-electron chi connectivity index (χ3n) is 6.35. The van der Waals surface area contributed by atoms with Gasteiger partial charge in [-0.05, 0) is 67.3 Å². The van der Waals surface area contributed by atoms with Crippen molar-refractivity contribution < 1.29 is 9.47 Å². The number of methoxy groups -OCH3 is 2. The molecule has 27 heavy (non-hydrogen) atoms. The van der Waals surface area contributed by atoms with Crippen molar-refractivity contribution in [1.82, 2.24) is 4.90 Å². The Morgan fingerprint density at radius 3 is 2.33 bits per heavy atom. The minimum absolute atomic E-state index is 0.00515. The zero-order valence-corrected chi connectivity index (χ0v) is 17.5. The Morgan fingerprint density at radius 1 is 1.04 bits per heavy atom. The lowest BCUT2D eigenvalue weighted by atomic mass is 9.57. The zero-order valence-electron chi connectivity index (χ0n) is 16.0. The maximum absolute atomic E-state index is 6.68. The highest BCUT2D eigenvalue weighted by molar-refractivity contribution is 6.35. The molecule has 1 aliphatic heterocycles. The molecule has 144 valence electrons. The summed E-state index contributed by atoms with van der Waals surface area (Å²) in [7, 11) is 5.60. The second-order valence-corrected chi connectivity index (χ2v) is 8.52. The number of hydrogen-bond acceptors (Lipinski definition) is 3. The molecule has 1 atom stereocenters. The van der Waals surface area contributed by atoms with Crippen LogP contribution in [0.15, 0.2) is 30.3 Å². The molecule has 0 bridgehead atoms. The highest BCUT2D eigenvalue weighted by Crippen LogP contribution is 2.58. The number of nitrogens with zero attached hydrogens (tertiary/aromatic N) is 1. The van der Waals surface area contributed by atoms with Crippen molar-refractivity contribution in [2.75, 3.05) is 27.8 Å². The molecule has 1 heterocycles. The first-order chi connectivity index (χ1) is 13.0. The van der Waals surface area contributed by atoms with Gasteiger partial charge in [0.1, 0.15) is 0 Å². The Hall–Kier alpha value is -1.42. The second kappa shape index (κ2) is 7.20. The molecule has 3 nitrogen and oxygen atoms in total. The van der Waals surface area contributed by atoms with Crippen molar-refractivity contribution in [1.29, 1.82) is 0 Å². The van der Waals surface area contributed by atoms with Crippen molar-refractivity contribution in [2.24, 2.45) is 0 Å². The maximum atomic E-state index is 6.68. The molecule has 0 aromatic heterocycles. The van der Waals surface area contributed by atoms with E-state index < -0.39 is 0 Å². The number of halogens is 2. The molecule has 2 aliphatic rings. The van der Waals surface area contributed by atoms with Crippen LogP contribution in [0.2, 0.25) is 10.0 Å². The molecule has 0 saturated heterocycles. The fourth-order valence-electron chi connectivity index (χ4n) is 4.93. The lowest BCUT2D eigenvalue weighted by molar-refractivity contribution is 0.0715. The predicted molar refractivity (Wildman–Crippen MR) is 111 cm³/mol. The van der Waals surface area contributed by atoms with Crippen LogP contribution in [-0.2, 0) is 11.8 Å². The van der Waals surface area contributed by atoms with E-state index in [9.17, 15) is 0 Å². The first-order valence-electron chi connectivity index (χ1n) is 9.41. The van der Waals surface area contributed by atoms with Gasteiger partial charge in [0.05, 0.1) is 14.2 Å². The lowest BCUT2D eigenvalue weighted by Gasteiger charge is -2.54. The Kier molecular flexibility index (Phi) is 5.04. The third kappa shape index (κ3) is 3.00. The summed E-state index contributed by atoms with van der Waals surface area (Å²) >= 11 is 12.9. The number of ether oxygens (including phenoxy) is 2. The largest absolute Gasteiger partial charge is 0.493 e. The molecule has 1 saturated carbocycles. The highest BCUT2D eigenvalue weighted by Gasteiger charge is 2.50. The summed E-state index contributed by atoms with van der Waals surface area (Å²) in [5.74, 6) is 1.58. The first kappa shape index (κ1) is 18.9. The van der Waals surface area contributed by atoms with E-state index in [2.05, 4.69) is 30.1 Å². The summed E-state index contributed by atoms with van der Waals surface area (Å²) in [6.07, 6.45) is 4.47. The van der Waals surface area contributed by atoms with Crippen molar-refractivity contribution in [3.05, 3.63) is 57.1 Å². The molecule has 5 heteroatoms. The van der Waals surface area contributed by atoms with E-state index in [1.165, 1.54) is 23.1 Å². The fourth-order valence-corrected chi connectivity index (χ4v) is 5.53. The number of benzene rings is 2. The fraction of sp³-hybridized carbons (Fsp3) is 0.455. The summed E-state index contributed by atoms with van der Waals surface area (Å²) in [6, 6.07) is 10.5. The Labute approximate surface area is 171 Å². The van der Waals surface area contributed by atoms with Crippen LogP contribution >= 0.6 is 23.2 Å². The van der Waals surface area contributed by atoms with Gasteiger partial charge in [-0.25, -0.2) is 0 Å². The van der Waals surface area contributed by atoms with Gasteiger partial charge in [0.15, 0.2) is 11.5 Å². The van der Waals surface area contributed by atoms with Gasteiger partial charge in [-0.15, -0.1) is 0 Å². The first-order valence-corrected chi connectivity index (χ1v) is 10.2. The van der Waals surface area contributed by atoms with Crippen LogP contribution in [0.25, 0.3) is 0 Å².